The second-order valence-electron chi connectivity index (χ2n) is 11.0. The molecule has 0 atom stereocenters. The highest BCUT2D eigenvalue weighted by Crippen LogP contribution is 2.34. The minimum Gasteiger partial charge on any atom is -0.384 e. The first-order chi connectivity index (χ1) is 20.4. The number of likely N-dealkylation sites (N-methyl/N-ethyl adjacent to an activating group) is 1. The molecule has 0 unspecified atom stereocenters. The Morgan fingerprint density at radius 1 is 1.14 bits per heavy atom. The number of benzene rings is 2. The summed E-state index contributed by atoms with van der Waals surface area (Å²) in [5.41, 5.74) is 13.8. The van der Waals surface area contributed by atoms with Crippen LogP contribution in [-0.2, 0) is 0 Å². The Hall–Kier alpha value is -4.54. The van der Waals surface area contributed by atoms with Gasteiger partial charge in [0.15, 0.2) is 0 Å². The number of H-pyrrole nitrogens is 2. The molecule has 9 nitrogen and oxygen atoms in total. The van der Waals surface area contributed by atoms with Crippen LogP contribution < -0.4 is 16.0 Å². The molecule has 0 amide bonds. The first-order valence-electron chi connectivity index (χ1n) is 14.3. The van der Waals surface area contributed by atoms with Crippen LogP contribution >= 0.6 is 0 Å². The maximum Gasteiger partial charge on any atom is 0.147 e. The number of allylic oxidation sites excluding steroid dienone is 1. The van der Waals surface area contributed by atoms with E-state index < -0.39 is 0 Å². The molecule has 1 saturated heterocycles. The van der Waals surface area contributed by atoms with Gasteiger partial charge in [-0.1, -0.05) is 19.1 Å². The van der Waals surface area contributed by atoms with Gasteiger partial charge in [-0.05, 0) is 68.1 Å². The summed E-state index contributed by atoms with van der Waals surface area (Å²) in [5, 5.41) is 12.1. The average Bonchev–Trinajstić information content (AvgIpc) is 3.61. The Bertz CT molecular complexity index is 1730. The van der Waals surface area contributed by atoms with E-state index in [1.54, 1.807) is 18.5 Å². The van der Waals surface area contributed by atoms with E-state index in [1.165, 1.54) is 6.07 Å². The molecule has 5 N–H and O–H groups in total. The van der Waals surface area contributed by atoms with Gasteiger partial charge in [0.25, 0.3) is 0 Å². The van der Waals surface area contributed by atoms with Gasteiger partial charge in [0.2, 0.25) is 0 Å². The number of rotatable bonds is 10. The molecule has 1 aliphatic rings. The Morgan fingerprint density at radius 2 is 2.00 bits per heavy atom. The molecule has 5 aromatic rings. The van der Waals surface area contributed by atoms with Gasteiger partial charge in [-0.25, -0.2) is 9.37 Å². The van der Waals surface area contributed by atoms with Crippen molar-refractivity contribution in [2.24, 2.45) is 5.73 Å². The van der Waals surface area contributed by atoms with Crippen LogP contribution in [0.2, 0.25) is 0 Å². The molecule has 0 spiro atoms. The van der Waals surface area contributed by atoms with Gasteiger partial charge in [0.05, 0.1) is 29.3 Å². The van der Waals surface area contributed by atoms with Crippen molar-refractivity contribution in [3.05, 3.63) is 84.1 Å². The first-order valence-corrected chi connectivity index (χ1v) is 14.3. The molecule has 2 aromatic carbocycles. The van der Waals surface area contributed by atoms with Crippen molar-refractivity contribution in [3.8, 4) is 22.6 Å². The van der Waals surface area contributed by atoms with Crippen LogP contribution in [0.3, 0.4) is 0 Å². The number of nitrogens with one attached hydrogen (secondary N) is 3. The average molecular weight is 566 g/mol. The van der Waals surface area contributed by atoms with E-state index in [4.69, 9.17) is 10.7 Å². The molecule has 0 bridgehead atoms. The van der Waals surface area contributed by atoms with Gasteiger partial charge >= 0.3 is 0 Å². The van der Waals surface area contributed by atoms with E-state index in [0.29, 0.717) is 0 Å². The van der Waals surface area contributed by atoms with Crippen LogP contribution in [0, 0.1) is 5.82 Å². The molecular formula is C32H36FN9. The lowest BCUT2D eigenvalue weighted by molar-refractivity contribution is 0.425. The van der Waals surface area contributed by atoms with Gasteiger partial charge in [-0.15, -0.1) is 0 Å². The lowest BCUT2D eigenvalue weighted by atomic mass is 9.98. The third-order valence-corrected chi connectivity index (χ3v) is 7.47. The number of halogens is 1. The molecule has 3 aromatic heterocycles. The Kier molecular flexibility index (Phi) is 7.73. The van der Waals surface area contributed by atoms with Crippen molar-refractivity contribution < 1.29 is 4.39 Å². The third kappa shape index (κ3) is 5.77. The van der Waals surface area contributed by atoms with Gasteiger partial charge in [0.1, 0.15) is 17.3 Å². The molecule has 4 heterocycles. The van der Waals surface area contributed by atoms with E-state index >= 15 is 0 Å². The summed E-state index contributed by atoms with van der Waals surface area (Å²) >= 11 is 0. The molecule has 0 aliphatic carbocycles. The predicted octanol–water partition coefficient (Wildman–Crippen LogP) is 5.12. The summed E-state index contributed by atoms with van der Waals surface area (Å²) in [4.78, 5) is 16.9. The topological polar surface area (TPSA) is 115 Å². The van der Waals surface area contributed by atoms with E-state index in [2.05, 4.69) is 60.4 Å². The Morgan fingerprint density at radius 3 is 2.79 bits per heavy atom. The van der Waals surface area contributed by atoms with Crippen LogP contribution in [0.25, 0.3) is 39.1 Å². The van der Waals surface area contributed by atoms with Crippen molar-refractivity contribution in [2.45, 2.75) is 19.4 Å². The van der Waals surface area contributed by atoms with Crippen LogP contribution in [-0.4, -0.2) is 76.4 Å². The van der Waals surface area contributed by atoms with Gasteiger partial charge in [-0.2, -0.15) is 5.10 Å². The number of nitrogens with two attached hydrogens (primary N) is 1. The van der Waals surface area contributed by atoms with Crippen LogP contribution in [0.15, 0.2) is 67.1 Å². The molecule has 10 heteroatoms. The normalized spacial score (nSPS) is 14.1. The SMILES string of the molecule is CC/C=C(/c1cc(F)cc(NCCN(C)C)c1)c1c[nH]c(-c2n[nH]c3ccc(-c4cncc(N5CC(N)C5)n4)cc23)c1. The molecule has 1 aliphatic heterocycles. The molecule has 0 radical (unpaired) electrons. The molecule has 216 valence electrons. The number of aromatic nitrogens is 5. The third-order valence-electron chi connectivity index (χ3n) is 7.47. The number of anilines is 2. The largest absolute Gasteiger partial charge is 0.384 e. The van der Waals surface area contributed by atoms with Crippen molar-refractivity contribution in [1.82, 2.24) is 30.0 Å². The van der Waals surface area contributed by atoms with Crippen molar-refractivity contribution in [1.29, 1.82) is 0 Å². The zero-order valence-electron chi connectivity index (χ0n) is 24.2. The second kappa shape index (κ2) is 11.8. The standard InChI is InChI=1S/C32H36FN9/c1-4-5-26(21-10-23(33)14-25(11-21)36-8-9-41(2)3)22-13-29(37-15-22)32-27-12-20(6-7-28(27)39-40-32)30-16-35-17-31(38-30)42-18-24(34)19-42/h5-7,10-17,24,36-37H,4,8-9,18-19,34H2,1-3H3,(H,39,40)/b26-5-. The van der Waals surface area contributed by atoms with E-state index in [0.717, 1.165) is 94.4 Å². The zero-order valence-corrected chi connectivity index (χ0v) is 24.2. The predicted molar refractivity (Wildman–Crippen MR) is 168 cm³/mol. The molecular weight excluding hydrogens is 529 g/mol. The smallest absolute Gasteiger partial charge is 0.147 e. The molecule has 6 rings (SSSR count). The van der Waals surface area contributed by atoms with Crippen molar-refractivity contribution in [2.75, 3.05) is 50.5 Å². The molecule has 0 saturated carbocycles. The monoisotopic (exact) mass is 565 g/mol. The quantitative estimate of drug-likeness (QED) is 0.186. The number of nitrogens with zero attached hydrogens (tertiary/aromatic N) is 5. The number of aromatic amines is 2. The maximum atomic E-state index is 14.7. The Balaban J connectivity index is 1.30. The lowest BCUT2D eigenvalue weighted by Gasteiger charge is -2.37. The maximum absolute atomic E-state index is 14.7. The summed E-state index contributed by atoms with van der Waals surface area (Å²) in [5.74, 6) is 0.562. The highest BCUT2D eigenvalue weighted by atomic mass is 19.1. The minimum absolute atomic E-state index is 0.186. The van der Waals surface area contributed by atoms with Crippen molar-refractivity contribution in [3.63, 3.8) is 0 Å². The highest BCUT2D eigenvalue weighted by Gasteiger charge is 2.24. The van der Waals surface area contributed by atoms with Gasteiger partial charge in [0, 0.05) is 60.6 Å². The zero-order chi connectivity index (χ0) is 29.2. The number of hydrogen-bond donors (Lipinski definition) is 4. The molecule has 1 fully saturated rings. The fraction of sp³-hybridized carbons (Fsp3) is 0.281. The van der Waals surface area contributed by atoms with E-state index in [1.807, 2.05) is 38.5 Å². The van der Waals surface area contributed by atoms with E-state index in [-0.39, 0.29) is 11.9 Å². The van der Waals surface area contributed by atoms with Crippen LogP contribution in [0.5, 0.6) is 0 Å². The number of hydrogen-bond acceptors (Lipinski definition) is 7. The van der Waals surface area contributed by atoms with Gasteiger partial charge in [-0.3, -0.25) is 10.1 Å². The molecule has 42 heavy (non-hydrogen) atoms. The van der Waals surface area contributed by atoms with E-state index in [9.17, 15) is 4.39 Å². The second-order valence-corrected chi connectivity index (χ2v) is 11.0. The lowest BCUT2D eigenvalue weighted by Crippen LogP contribution is -2.56. The van der Waals surface area contributed by atoms with Crippen LogP contribution in [0.4, 0.5) is 15.9 Å². The Labute approximate surface area is 244 Å². The number of fused-ring (bicyclic) bond motifs is 1. The fourth-order valence-corrected chi connectivity index (χ4v) is 5.29. The minimum atomic E-state index is -0.271. The summed E-state index contributed by atoms with van der Waals surface area (Å²) in [7, 11) is 4.04. The first kappa shape index (κ1) is 27.6. The summed E-state index contributed by atoms with van der Waals surface area (Å²) in [6, 6.07) is 13.5. The summed E-state index contributed by atoms with van der Waals surface area (Å²) in [6.45, 7) is 5.25. The fourth-order valence-electron chi connectivity index (χ4n) is 5.29. The van der Waals surface area contributed by atoms with Gasteiger partial charge < -0.3 is 25.8 Å². The highest BCUT2D eigenvalue weighted by molar-refractivity contribution is 5.95. The summed E-state index contributed by atoms with van der Waals surface area (Å²) < 4.78 is 14.7. The summed E-state index contributed by atoms with van der Waals surface area (Å²) in [6.07, 6.45) is 8.45. The van der Waals surface area contributed by atoms with Crippen molar-refractivity contribution >= 4 is 28.0 Å². The van der Waals surface area contributed by atoms with Crippen LogP contribution in [0.1, 0.15) is 24.5 Å².